The molecule has 0 atom stereocenters. The summed E-state index contributed by atoms with van der Waals surface area (Å²) in [4.78, 5) is 23.0. The molecule has 0 aliphatic rings. The van der Waals surface area contributed by atoms with Crippen LogP contribution in [-0.4, -0.2) is 33.9 Å². The lowest BCUT2D eigenvalue weighted by Gasteiger charge is -2.21. The van der Waals surface area contributed by atoms with E-state index in [1.807, 2.05) is 57.2 Å². The number of carbonyl (C=O) groups excluding carboxylic acids is 1. The first-order chi connectivity index (χ1) is 13.4. The number of nitrogens with two attached hydrogens (primary N) is 1. The Kier molecular flexibility index (Phi) is 5.59. The minimum absolute atomic E-state index is 0.00283. The third kappa shape index (κ3) is 4.11. The maximum atomic E-state index is 12.4. The Labute approximate surface area is 165 Å². The number of benzene rings is 2. The maximum Gasteiger partial charge on any atom is 0.253 e. The lowest BCUT2D eigenvalue weighted by atomic mass is 10.0. The number of nitrogens with one attached hydrogen (secondary N) is 1. The van der Waals surface area contributed by atoms with Gasteiger partial charge in [0.2, 0.25) is 5.95 Å². The van der Waals surface area contributed by atoms with E-state index in [0.29, 0.717) is 11.5 Å². The van der Waals surface area contributed by atoms with Crippen LogP contribution < -0.4 is 11.1 Å². The normalized spacial score (nSPS) is 10.8. The molecule has 6 heteroatoms. The molecule has 0 fully saturated rings. The number of nitrogens with zero attached hydrogens (tertiary/aromatic N) is 3. The number of amides is 1. The van der Waals surface area contributed by atoms with Gasteiger partial charge in [0.25, 0.3) is 5.91 Å². The van der Waals surface area contributed by atoms with Crippen molar-refractivity contribution in [2.24, 2.45) is 0 Å². The number of rotatable bonds is 5. The van der Waals surface area contributed by atoms with E-state index >= 15 is 0 Å². The Balaban J connectivity index is 1.79. The predicted molar refractivity (Wildman–Crippen MR) is 114 cm³/mol. The van der Waals surface area contributed by atoms with Crippen LogP contribution in [0.4, 0.5) is 17.3 Å². The van der Waals surface area contributed by atoms with E-state index < -0.39 is 0 Å². The molecule has 28 heavy (non-hydrogen) atoms. The van der Waals surface area contributed by atoms with Gasteiger partial charge in [-0.3, -0.25) is 4.79 Å². The zero-order valence-electron chi connectivity index (χ0n) is 16.6. The Hall–Kier alpha value is -3.41. The molecule has 0 radical (unpaired) electrons. The van der Waals surface area contributed by atoms with Crippen LogP contribution in [0.25, 0.3) is 11.3 Å². The topological polar surface area (TPSA) is 84.1 Å². The molecule has 1 heterocycles. The number of hydrogen-bond donors (Lipinski definition) is 2. The van der Waals surface area contributed by atoms with Crippen LogP contribution in [0, 0.1) is 6.92 Å². The second-order valence-electron chi connectivity index (χ2n) is 7.00. The molecule has 3 aromatic rings. The fraction of sp³-hybridized carbons (Fsp3) is 0.227. The molecule has 144 valence electrons. The first-order valence-corrected chi connectivity index (χ1v) is 9.19. The lowest BCUT2D eigenvalue weighted by molar-refractivity contribution is 0.0755. The van der Waals surface area contributed by atoms with Gasteiger partial charge in [0.05, 0.1) is 5.69 Å². The van der Waals surface area contributed by atoms with Gasteiger partial charge in [0.1, 0.15) is 0 Å². The first-order valence-electron chi connectivity index (χ1n) is 9.19. The van der Waals surface area contributed by atoms with Crippen LogP contribution in [0.2, 0.25) is 0 Å². The van der Waals surface area contributed by atoms with Gasteiger partial charge in [0, 0.05) is 41.8 Å². The first kappa shape index (κ1) is 19.4. The molecule has 0 aliphatic heterocycles. The van der Waals surface area contributed by atoms with Crippen LogP contribution >= 0.6 is 0 Å². The fourth-order valence-electron chi connectivity index (χ4n) is 2.76. The van der Waals surface area contributed by atoms with Crippen LogP contribution in [0.3, 0.4) is 0 Å². The Morgan fingerprint density at radius 3 is 2.50 bits per heavy atom. The molecular weight excluding hydrogens is 350 g/mol. The minimum atomic E-state index is -0.00283. The number of hydrogen-bond acceptors (Lipinski definition) is 5. The SMILES string of the molecule is Cc1c(N)cccc1-c1ccnc(Nc2ccc(C(=O)N(C)C(C)C)cc2)n1. The van der Waals surface area contributed by atoms with Crippen molar-refractivity contribution in [3.05, 3.63) is 65.9 Å². The van der Waals surface area contributed by atoms with E-state index in [4.69, 9.17) is 5.73 Å². The molecule has 3 N–H and O–H groups in total. The van der Waals surface area contributed by atoms with E-state index in [-0.39, 0.29) is 11.9 Å². The summed E-state index contributed by atoms with van der Waals surface area (Å²) in [6.07, 6.45) is 1.71. The van der Waals surface area contributed by atoms with Gasteiger partial charge >= 0.3 is 0 Å². The molecule has 0 spiro atoms. The number of anilines is 3. The highest BCUT2D eigenvalue weighted by atomic mass is 16.2. The Morgan fingerprint density at radius 2 is 1.82 bits per heavy atom. The zero-order valence-corrected chi connectivity index (χ0v) is 16.6. The van der Waals surface area contributed by atoms with Gasteiger partial charge in [-0.25, -0.2) is 9.97 Å². The van der Waals surface area contributed by atoms with Crippen molar-refractivity contribution in [1.82, 2.24) is 14.9 Å². The monoisotopic (exact) mass is 375 g/mol. The predicted octanol–water partition coefficient (Wildman–Crippen LogP) is 4.26. The summed E-state index contributed by atoms with van der Waals surface area (Å²) in [5, 5.41) is 3.19. The third-order valence-corrected chi connectivity index (χ3v) is 4.79. The third-order valence-electron chi connectivity index (χ3n) is 4.79. The van der Waals surface area contributed by atoms with Crippen LogP contribution in [0.15, 0.2) is 54.7 Å². The molecule has 0 unspecified atom stereocenters. The number of aromatic nitrogens is 2. The number of nitrogen functional groups attached to an aromatic ring is 1. The smallest absolute Gasteiger partial charge is 0.253 e. The standard InChI is InChI=1S/C22H25N5O/c1-14(2)27(4)21(28)16-8-10-17(11-9-16)25-22-24-13-12-20(26-22)18-6-5-7-19(23)15(18)3/h5-14H,23H2,1-4H3,(H,24,25,26). The van der Waals surface area contributed by atoms with Gasteiger partial charge in [-0.1, -0.05) is 12.1 Å². The van der Waals surface area contributed by atoms with E-state index in [1.54, 1.807) is 30.3 Å². The van der Waals surface area contributed by atoms with Crippen molar-refractivity contribution in [2.45, 2.75) is 26.8 Å². The van der Waals surface area contributed by atoms with Gasteiger partial charge < -0.3 is 16.0 Å². The summed E-state index contributed by atoms with van der Waals surface area (Å²) >= 11 is 0. The van der Waals surface area contributed by atoms with Crippen molar-refractivity contribution >= 4 is 23.2 Å². The highest BCUT2D eigenvalue weighted by Gasteiger charge is 2.14. The highest BCUT2D eigenvalue weighted by Crippen LogP contribution is 2.26. The van der Waals surface area contributed by atoms with Gasteiger partial charge in [-0.15, -0.1) is 0 Å². The van der Waals surface area contributed by atoms with Crippen molar-refractivity contribution in [3.8, 4) is 11.3 Å². The molecule has 0 aliphatic carbocycles. The lowest BCUT2D eigenvalue weighted by Crippen LogP contribution is -2.32. The Morgan fingerprint density at radius 1 is 1.11 bits per heavy atom. The Bertz CT molecular complexity index is 982. The summed E-state index contributed by atoms with van der Waals surface area (Å²) in [6.45, 7) is 5.95. The molecule has 1 amide bonds. The van der Waals surface area contributed by atoms with Crippen LogP contribution in [-0.2, 0) is 0 Å². The molecule has 0 saturated heterocycles. The van der Waals surface area contributed by atoms with Crippen molar-refractivity contribution in [1.29, 1.82) is 0 Å². The van der Waals surface area contributed by atoms with Crippen molar-refractivity contribution < 1.29 is 4.79 Å². The van der Waals surface area contributed by atoms with E-state index in [2.05, 4.69) is 15.3 Å². The van der Waals surface area contributed by atoms with E-state index in [9.17, 15) is 4.79 Å². The minimum Gasteiger partial charge on any atom is -0.398 e. The van der Waals surface area contributed by atoms with Gasteiger partial charge in [0.15, 0.2) is 0 Å². The second kappa shape index (κ2) is 8.08. The quantitative estimate of drug-likeness (QED) is 0.651. The largest absolute Gasteiger partial charge is 0.398 e. The van der Waals surface area contributed by atoms with E-state index in [1.165, 1.54) is 0 Å². The zero-order chi connectivity index (χ0) is 20.3. The highest BCUT2D eigenvalue weighted by molar-refractivity contribution is 5.94. The molecular formula is C22H25N5O. The van der Waals surface area contributed by atoms with Crippen LogP contribution in [0.1, 0.15) is 29.8 Å². The van der Waals surface area contributed by atoms with Crippen LogP contribution in [0.5, 0.6) is 0 Å². The molecule has 2 aromatic carbocycles. The molecule has 6 nitrogen and oxygen atoms in total. The van der Waals surface area contributed by atoms with E-state index in [0.717, 1.165) is 28.2 Å². The van der Waals surface area contributed by atoms with Crippen molar-refractivity contribution in [3.63, 3.8) is 0 Å². The summed E-state index contributed by atoms with van der Waals surface area (Å²) in [7, 11) is 1.80. The molecule has 1 aromatic heterocycles. The molecule has 0 bridgehead atoms. The fourth-order valence-corrected chi connectivity index (χ4v) is 2.76. The second-order valence-corrected chi connectivity index (χ2v) is 7.00. The maximum absolute atomic E-state index is 12.4. The average Bonchev–Trinajstić information content (AvgIpc) is 2.69. The van der Waals surface area contributed by atoms with Gasteiger partial charge in [-0.05, 0) is 62.7 Å². The summed E-state index contributed by atoms with van der Waals surface area (Å²) in [6, 6.07) is 15.1. The summed E-state index contributed by atoms with van der Waals surface area (Å²) in [5.74, 6) is 0.481. The average molecular weight is 375 g/mol. The number of carbonyl (C=O) groups is 1. The van der Waals surface area contributed by atoms with Gasteiger partial charge in [-0.2, -0.15) is 0 Å². The summed E-state index contributed by atoms with van der Waals surface area (Å²) < 4.78 is 0. The molecule has 3 rings (SSSR count). The van der Waals surface area contributed by atoms with Crippen molar-refractivity contribution in [2.75, 3.05) is 18.1 Å². The molecule has 0 saturated carbocycles. The summed E-state index contributed by atoms with van der Waals surface area (Å²) in [5.41, 5.74) is 11.0.